The molecule has 208 valence electrons. The normalized spacial score (nSPS) is 11.6. The van der Waals surface area contributed by atoms with Gasteiger partial charge in [-0.2, -0.15) is 0 Å². The van der Waals surface area contributed by atoms with E-state index in [1.54, 1.807) is 25.1 Å². The molecule has 0 atom stereocenters. The summed E-state index contributed by atoms with van der Waals surface area (Å²) < 4.78 is 69.7. The third-order valence-corrected chi connectivity index (χ3v) is 9.27. The van der Waals surface area contributed by atoms with Crippen molar-refractivity contribution in [3.8, 4) is 0 Å². The van der Waals surface area contributed by atoms with Gasteiger partial charge in [-0.05, 0) is 98.6 Å². The fraction of sp³-hybridized carbons (Fsp3) is 0.138. The number of carbonyl (C=O) groups is 1. The van der Waals surface area contributed by atoms with Crippen LogP contribution in [0.4, 0.5) is 21.5 Å². The van der Waals surface area contributed by atoms with Gasteiger partial charge in [0.05, 0.1) is 21.2 Å². The van der Waals surface area contributed by atoms with Crippen LogP contribution in [0.25, 0.3) is 0 Å². The lowest BCUT2D eigenvalue weighted by Crippen LogP contribution is -2.38. The van der Waals surface area contributed by atoms with Crippen molar-refractivity contribution in [1.29, 1.82) is 0 Å². The zero-order valence-electron chi connectivity index (χ0n) is 22.1. The van der Waals surface area contributed by atoms with Gasteiger partial charge in [0.2, 0.25) is 5.91 Å². The topological polar surface area (TPSA) is 113 Å². The summed E-state index contributed by atoms with van der Waals surface area (Å²) in [6.07, 6.45) is 0. The van der Waals surface area contributed by atoms with Gasteiger partial charge in [-0.3, -0.25) is 13.8 Å². The van der Waals surface area contributed by atoms with Gasteiger partial charge in [0.1, 0.15) is 12.4 Å². The van der Waals surface area contributed by atoms with Gasteiger partial charge >= 0.3 is 0 Å². The fourth-order valence-corrected chi connectivity index (χ4v) is 6.40. The number of sulfonamides is 2. The Morgan fingerprint density at radius 1 is 0.750 bits per heavy atom. The Balaban J connectivity index is 1.53. The van der Waals surface area contributed by atoms with Gasteiger partial charge in [0.15, 0.2) is 0 Å². The predicted molar refractivity (Wildman–Crippen MR) is 154 cm³/mol. The van der Waals surface area contributed by atoms with Crippen LogP contribution in [-0.4, -0.2) is 29.3 Å². The zero-order chi connectivity index (χ0) is 29.1. The first-order valence-electron chi connectivity index (χ1n) is 12.2. The average Bonchev–Trinajstić information content (AvgIpc) is 2.90. The number of nitrogens with one attached hydrogen (secondary N) is 2. The highest BCUT2D eigenvalue weighted by molar-refractivity contribution is 7.93. The smallest absolute Gasteiger partial charge is 0.264 e. The number of aryl methyl sites for hydroxylation is 3. The van der Waals surface area contributed by atoms with Crippen LogP contribution in [-0.2, 0) is 24.8 Å². The summed E-state index contributed by atoms with van der Waals surface area (Å²) in [5.41, 5.74) is 3.37. The minimum absolute atomic E-state index is 0.0127. The highest BCUT2D eigenvalue weighted by Crippen LogP contribution is 2.25. The second-order valence-corrected chi connectivity index (χ2v) is 12.8. The number of benzene rings is 4. The third-order valence-electron chi connectivity index (χ3n) is 6.10. The molecule has 0 fully saturated rings. The van der Waals surface area contributed by atoms with E-state index >= 15 is 0 Å². The molecule has 0 radical (unpaired) electrons. The van der Waals surface area contributed by atoms with Crippen LogP contribution in [0, 0.1) is 26.6 Å². The van der Waals surface area contributed by atoms with E-state index in [0.29, 0.717) is 5.69 Å². The molecule has 0 aliphatic heterocycles. The van der Waals surface area contributed by atoms with Crippen molar-refractivity contribution < 1.29 is 26.0 Å². The summed E-state index contributed by atoms with van der Waals surface area (Å²) in [6, 6.07) is 21.8. The van der Waals surface area contributed by atoms with Crippen LogP contribution >= 0.6 is 0 Å². The quantitative estimate of drug-likeness (QED) is 0.275. The Hall–Kier alpha value is -4.22. The molecule has 0 saturated heterocycles. The van der Waals surface area contributed by atoms with Crippen LogP contribution in [0.15, 0.2) is 101 Å². The molecule has 0 aromatic heterocycles. The molecule has 0 spiro atoms. The molecule has 0 unspecified atom stereocenters. The number of hydrogen-bond donors (Lipinski definition) is 2. The van der Waals surface area contributed by atoms with Gasteiger partial charge in [0, 0.05) is 5.69 Å². The largest absolute Gasteiger partial charge is 0.325 e. The highest BCUT2D eigenvalue weighted by Gasteiger charge is 2.27. The lowest BCUT2D eigenvalue weighted by atomic mass is 10.1. The number of hydrogen-bond acceptors (Lipinski definition) is 5. The van der Waals surface area contributed by atoms with E-state index in [4.69, 9.17) is 0 Å². The van der Waals surface area contributed by atoms with E-state index in [1.807, 2.05) is 26.0 Å². The number of nitrogens with zero attached hydrogens (tertiary/aromatic N) is 1. The Kier molecular flexibility index (Phi) is 8.26. The van der Waals surface area contributed by atoms with Gasteiger partial charge in [0.25, 0.3) is 20.0 Å². The van der Waals surface area contributed by atoms with Crippen molar-refractivity contribution in [2.45, 2.75) is 30.6 Å². The Labute approximate surface area is 233 Å². The van der Waals surface area contributed by atoms with Crippen molar-refractivity contribution in [3.63, 3.8) is 0 Å². The van der Waals surface area contributed by atoms with Gasteiger partial charge < -0.3 is 5.32 Å². The van der Waals surface area contributed by atoms with E-state index in [1.165, 1.54) is 48.5 Å². The van der Waals surface area contributed by atoms with E-state index < -0.39 is 38.3 Å². The Bertz CT molecular complexity index is 1740. The Morgan fingerprint density at radius 2 is 1.32 bits per heavy atom. The summed E-state index contributed by atoms with van der Waals surface area (Å²) in [7, 11) is -8.06. The molecule has 4 aromatic rings. The standard InChI is InChI=1S/C29H28FN3O5S2/c1-20-5-14-27(15-6-20)40(37,38)33(25-12-8-23(30)9-13-25)19-29(34)31-24-10-16-26(17-11-24)39(35,36)32-28-18-21(2)4-7-22(28)3/h4-18,32H,19H2,1-3H3,(H,31,34). The molecule has 40 heavy (non-hydrogen) atoms. The first kappa shape index (κ1) is 28.8. The van der Waals surface area contributed by atoms with E-state index in [-0.39, 0.29) is 21.2 Å². The first-order chi connectivity index (χ1) is 18.8. The molecule has 11 heteroatoms. The summed E-state index contributed by atoms with van der Waals surface area (Å²) in [5.74, 6) is -1.23. The first-order valence-corrected chi connectivity index (χ1v) is 15.1. The molecular weight excluding hydrogens is 553 g/mol. The molecular formula is C29H28FN3O5S2. The molecule has 4 aromatic carbocycles. The molecule has 4 rings (SSSR count). The number of rotatable bonds is 9. The molecule has 2 N–H and O–H groups in total. The SMILES string of the molecule is Cc1ccc(S(=O)(=O)N(CC(=O)Nc2ccc(S(=O)(=O)Nc3cc(C)ccc3C)cc2)c2ccc(F)cc2)cc1. The average molecular weight is 582 g/mol. The monoisotopic (exact) mass is 581 g/mol. The number of anilines is 3. The second-order valence-electron chi connectivity index (χ2n) is 9.30. The van der Waals surface area contributed by atoms with E-state index in [2.05, 4.69) is 10.0 Å². The third kappa shape index (κ3) is 6.67. The van der Waals surface area contributed by atoms with Gasteiger partial charge in [-0.15, -0.1) is 0 Å². The summed E-state index contributed by atoms with van der Waals surface area (Å²) in [5, 5.41) is 2.60. The maximum absolute atomic E-state index is 13.5. The maximum Gasteiger partial charge on any atom is 0.264 e. The number of amides is 1. The van der Waals surface area contributed by atoms with Gasteiger partial charge in [-0.25, -0.2) is 21.2 Å². The van der Waals surface area contributed by atoms with Crippen molar-refractivity contribution in [2.75, 3.05) is 20.9 Å². The van der Waals surface area contributed by atoms with Crippen molar-refractivity contribution in [2.24, 2.45) is 0 Å². The predicted octanol–water partition coefficient (Wildman–Crippen LogP) is 5.39. The van der Waals surface area contributed by atoms with Crippen LogP contribution in [0.3, 0.4) is 0 Å². The summed E-state index contributed by atoms with van der Waals surface area (Å²) >= 11 is 0. The summed E-state index contributed by atoms with van der Waals surface area (Å²) in [6.45, 7) is 4.87. The van der Waals surface area contributed by atoms with E-state index in [9.17, 15) is 26.0 Å². The molecule has 0 bridgehead atoms. The highest BCUT2D eigenvalue weighted by atomic mass is 32.2. The summed E-state index contributed by atoms with van der Waals surface area (Å²) in [4.78, 5) is 12.9. The lowest BCUT2D eigenvalue weighted by Gasteiger charge is -2.24. The van der Waals surface area contributed by atoms with Crippen molar-refractivity contribution in [3.05, 3.63) is 114 Å². The van der Waals surface area contributed by atoms with Crippen molar-refractivity contribution >= 4 is 43.0 Å². The molecule has 1 amide bonds. The molecule has 8 nitrogen and oxygen atoms in total. The molecule has 0 heterocycles. The van der Waals surface area contributed by atoms with E-state index in [0.717, 1.165) is 33.1 Å². The van der Waals surface area contributed by atoms with Crippen LogP contribution < -0.4 is 14.3 Å². The minimum Gasteiger partial charge on any atom is -0.325 e. The maximum atomic E-state index is 13.5. The minimum atomic E-state index is -4.17. The van der Waals surface area contributed by atoms with Crippen LogP contribution in [0.1, 0.15) is 16.7 Å². The van der Waals surface area contributed by atoms with Crippen molar-refractivity contribution in [1.82, 2.24) is 0 Å². The fourth-order valence-electron chi connectivity index (χ4n) is 3.86. The number of carbonyl (C=O) groups excluding carboxylic acids is 1. The second kappa shape index (κ2) is 11.5. The lowest BCUT2D eigenvalue weighted by molar-refractivity contribution is -0.114. The zero-order valence-corrected chi connectivity index (χ0v) is 23.7. The number of halogens is 1. The molecule has 0 saturated carbocycles. The molecule has 0 aliphatic carbocycles. The van der Waals surface area contributed by atoms with Crippen LogP contribution in [0.2, 0.25) is 0 Å². The Morgan fingerprint density at radius 3 is 1.95 bits per heavy atom. The van der Waals surface area contributed by atoms with Crippen LogP contribution in [0.5, 0.6) is 0 Å². The van der Waals surface area contributed by atoms with Gasteiger partial charge in [-0.1, -0.05) is 29.8 Å². The molecule has 0 aliphatic rings.